The Balaban J connectivity index is 1.75. The minimum absolute atomic E-state index is 0.0602. The van der Waals surface area contributed by atoms with E-state index in [1.54, 1.807) is 4.90 Å². The van der Waals surface area contributed by atoms with Gasteiger partial charge in [0, 0.05) is 12.5 Å². The third-order valence-corrected chi connectivity index (χ3v) is 9.52. The van der Waals surface area contributed by atoms with E-state index in [1.807, 2.05) is 34.6 Å². The molecule has 11 nitrogen and oxygen atoms in total. The fraction of sp³-hybridized carbons (Fsp3) is 0.742. The van der Waals surface area contributed by atoms with Crippen LogP contribution in [0.4, 0.5) is 0 Å². The summed E-state index contributed by atoms with van der Waals surface area (Å²) in [5.74, 6) is -1.29. The Hall–Kier alpha value is -3.24. The minimum Gasteiger partial charge on any atom is -0.459 e. The zero-order chi connectivity index (χ0) is 30.7. The fourth-order valence-corrected chi connectivity index (χ4v) is 7.01. The molecule has 0 radical (unpaired) electrons. The van der Waals surface area contributed by atoms with E-state index in [9.17, 15) is 19.2 Å². The van der Waals surface area contributed by atoms with Crippen LogP contribution in [0, 0.1) is 23.2 Å². The summed E-state index contributed by atoms with van der Waals surface area (Å²) in [6, 6.07) is -0.636. The first-order valence-electron chi connectivity index (χ1n) is 15.4. The largest absolute Gasteiger partial charge is 0.459 e. The number of fused-ring (bicyclic) bond motifs is 4. The van der Waals surface area contributed by atoms with Crippen molar-refractivity contribution in [3.8, 4) is 6.01 Å². The first-order valence-corrected chi connectivity index (χ1v) is 15.4. The molecule has 2 bridgehead atoms. The zero-order valence-corrected chi connectivity index (χ0v) is 25.7. The van der Waals surface area contributed by atoms with Gasteiger partial charge in [0.15, 0.2) is 5.82 Å². The second-order valence-corrected chi connectivity index (χ2v) is 13.4. The Bertz CT molecular complexity index is 1240. The van der Waals surface area contributed by atoms with Crippen molar-refractivity contribution in [2.75, 3.05) is 6.54 Å². The van der Waals surface area contributed by atoms with Crippen molar-refractivity contribution in [3.63, 3.8) is 0 Å². The van der Waals surface area contributed by atoms with Crippen LogP contribution in [0.15, 0.2) is 11.0 Å². The van der Waals surface area contributed by atoms with Gasteiger partial charge in [0.25, 0.3) is 0 Å². The number of aromatic nitrogens is 3. The summed E-state index contributed by atoms with van der Waals surface area (Å²) >= 11 is 0. The topological polar surface area (TPSA) is 147 Å². The molecule has 42 heavy (non-hydrogen) atoms. The summed E-state index contributed by atoms with van der Waals surface area (Å²) in [4.78, 5) is 63.2. The summed E-state index contributed by atoms with van der Waals surface area (Å²) in [7, 11) is 0. The average molecular weight is 586 g/mol. The number of hydrogen-bond acceptors (Lipinski definition) is 9. The van der Waals surface area contributed by atoms with Gasteiger partial charge in [-0.05, 0) is 69.1 Å². The van der Waals surface area contributed by atoms with E-state index < -0.39 is 34.8 Å². The maximum absolute atomic E-state index is 14.2. The van der Waals surface area contributed by atoms with Crippen LogP contribution >= 0.6 is 0 Å². The van der Waals surface area contributed by atoms with Crippen molar-refractivity contribution in [2.45, 2.75) is 117 Å². The van der Waals surface area contributed by atoms with Gasteiger partial charge >= 0.3 is 17.7 Å². The summed E-state index contributed by atoms with van der Waals surface area (Å²) < 4.78 is 14.0. The minimum atomic E-state index is -0.738. The lowest BCUT2D eigenvalue weighted by Crippen LogP contribution is -2.47. The molecule has 1 aliphatic carbocycles. The fourth-order valence-electron chi connectivity index (χ4n) is 7.01. The number of aldehydes is 1. The lowest BCUT2D eigenvalue weighted by molar-refractivity contribution is -0.167. The summed E-state index contributed by atoms with van der Waals surface area (Å²) in [6.45, 7) is 10.2. The number of rotatable bonds is 3. The smallest absolute Gasteiger partial charge is 0.353 e. The third-order valence-electron chi connectivity index (χ3n) is 9.52. The third kappa shape index (κ3) is 6.70. The Morgan fingerprint density at radius 3 is 2.50 bits per heavy atom. The molecule has 232 valence electrons. The van der Waals surface area contributed by atoms with E-state index in [4.69, 9.17) is 15.2 Å². The molecule has 2 fully saturated rings. The SMILES string of the molecule is CC[C@@H]1[C@@H]2CN(C(=O)[C@H](C(C)(C)C)CC(=O)O[C@]3(C)CCC[C@H]3CCCCCn3c(nc(C=CN)nc3=O)O2)[C@@H]1C=O. The summed E-state index contributed by atoms with van der Waals surface area (Å²) in [5.41, 5.74) is 3.93. The number of nitrogens with two attached hydrogens (primary N) is 1. The maximum Gasteiger partial charge on any atom is 0.353 e. The van der Waals surface area contributed by atoms with Crippen molar-refractivity contribution in [3.05, 3.63) is 22.5 Å². The van der Waals surface area contributed by atoms with Crippen LogP contribution in [0.3, 0.4) is 0 Å². The van der Waals surface area contributed by atoms with Crippen LogP contribution in [0.2, 0.25) is 0 Å². The van der Waals surface area contributed by atoms with E-state index in [-0.39, 0.29) is 48.5 Å². The molecule has 2 aliphatic heterocycles. The molecule has 3 aliphatic rings. The number of nitrogens with zero attached hydrogens (tertiary/aromatic N) is 4. The number of ether oxygens (including phenoxy) is 2. The second kappa shape index (κ2) is 13.0. The molecule has 1 saturated carbocycles. The average Bonchev–Trinajstić information content (AvgIpc) is 3.46. The Kier molecular flexibility index (Phi) is 9.77. The maximum atomic E-state index is 14.2. The van der Waals surface area contributed by atoms with Gasteiger partial charge in [-0.3, -0.25) is 9.59 Å². The number of carbonyl (C=O) groups excluding carboxylic acids is 3. The molecule has 6 atom stereocenters. The molecular formula is C31H47N5O6. The Morgan fingerprint density at radius 1 is 1.10 bits per heavy atom. The number of hydrogen-bond donors (Lipinski definition) is 1. The Labute approximate surface area is 248 Å². The van der Waals surface area contributed by atoms with Gasteiger partial charge in [0.05, 0.1) is 24.9 Å². The highest BCUT2D eigenvalue weighted by Gasteiger charge is 2.49. The van der Waals surface area contributed by atoms with Gasteiger partial charge in [-0.15, -0.1) is 0 Å². The van der Waals surface area contributed by atoms with E-state index in [2.05, 4.69) is 9.97 Å². The van der Waals surface area contributed by atoms with Gasteiger partial charge in [-0.1, -0.05) is 40.5 Å². The van der Waals surface area contributed by atoms with Crippen LogP contribution < -0.4 is 16.2 Å². The first kappa shape index (κ1) is 31.7. The monoisotopic (exact) mass is 585 g/mol. The van der Waals surface area contributed by atoms with E-state index in [1.165, 1.54) is 16.8 Å². The van der Waals surface area contributed by atoms with Crippen LogP contribution in [-0.2, 0) is 25.7 Å². The molecule has 4 rings (SSSR count). The molecule has 2 N–H and O–H groups in total. The van der Waals surface area contributed by atoms with Gasteiger partial charge < -0.3 is 24.9 Å². The number of carbonyl (C=O) groups is 3. The normalized spacial score (nSPS) is 31.5. The van der Waals surface area contributed by atoms with Crippen LogP contribution in [-0.4, -0.2) is 61.9 Å². The molecular weight excluding hydrogens is 538 g/mol. The lowest BCUT2D eigenvalue weighted by Gasteiger charge is -2.36. The molecule has 0 aromatic carbocycles. The van der Waals surface area contributed by atoms with Crippen LogP contribution in [0.25, 0.3) is 6.08 Å². The van der Waals surface area contributed by atoms with Gasteiger partial charge in [0.2, 0.25) is 5.91 Å². The molecule has 1 aromatic heterocycles. The van der Waals surface area contributed by atoms with Crippen LogP contribution in [0.1, 0.15) is 98.2 Å². The van der Waals surface area contributed by atoms with Crippen molar-refractivity contribution in [1.82, 2.24) is 19.4 Å². The summed E-state index contributed by atoms with van der Waals surface area (Å²) in [6.07, 6.45) is 9.59. The van der Waals surface area contributed by atoms with E-state index >= 15 is 0 Å². The highest BCUT2D eigenvalue weighted by Crippen LogP contribution is 2.43. The highest BCUT2D eigenvalue weighted by atomic mass is 16.6. The predicted octanol–water partition coefficient (Wildman–Crippen LogP) is 3.48. The summed E-state index contributed by atoms with van der Waals surface area (Å²) in [5, 5.41) is 0. The molecule has 0 spiro atoms. The highest BCUT2D eigenvalue weighted by molar-refractivity contribution is 5.87. The molecule has 3 heterocycles. The van der Waals surface area contributed by atoms with Crippen molar-refractivity contribution < 1.29 is 23.9 Å². The van der Waals surface area contributed by atoms with Crippen molar-refractivity contribution in [1.29, 1.82) is 0 Å². The predicted molar refractivity (Wildman–Crippen MR) is 157 cm³/mol. The standard InChI is InChI=1S/C31H47N5O6/c1-6-21-23(19-37)36-18-24(21)41-29-34-25(13-15-32)33-28(40)35(29)16-9-7-8-11-20-12-10-14-31(20,5)42-26(38)17-22(27(36)39)30(2,3)4/h13,15,19-24H,6-12,14,16-18,32H2,1-5H3/t20-,21+,22-,23-,24+,31-/m1/s1. The molecule has 0 unspecified atom stereocenters. The van der Waals surface area contributed by atoms with E-state index in [0.717, 1.165) is 44.8 Å². The lowest BCUT2D eigenvalue weighted by atomic mass is 9.77. The van der Waals surface area contributed by atoms with Crippen molar-refractivity contribution in [2.24, 2.45) is 28.9 Å². The number of amides is 1. The van der Waals surface area contributed by atoms with Gasteiger partial charge in [-0.2, -0.15) is 9.97 Å². The van der Waals surface area contributed by atoms with Crippen molar-refractivity contribution >= 4 is 24.2 Å². The van der Waals surface area contributed by atoms with E-state index in [0.29, 0.717) is 19.4 Å². The number of esters is 1. The molecule has 1 saturated heterocycles. The zero-order valence-electron chi connectivity index (χ0n) is 25.7. The first-order chi connectivity index (χ1) is 19.9. The second-order valence-electron chi connectivity index (χ2n) is 13.4. The molecule has 11 heteroatoms. The van der Waals surface area contributed by atoms with Gasteiger partial charge in [0.1, 0.15) is 18.0 Å². The molecule has 1 aromatic rings. The van der Waals surface area contributed by atoms with Crippen LogP contribution in [0.5, 0.6) is 6.01 Å². The Morgan fingerprint density at radius 2 is 1.83 bits per heavy atom. The quantitative estimate of drug-likeness (QED) is 0.416. The van der Waals surface area contributed by atoms with Gasteiger partial charge in [-0.25, -0.2) is 9.36 Å². The molecule has 1 amide bonds.